The average molecular weight is 488 g/mol. The Morgan fingerprint density at radius 3 is 2.43 bits per heavy atom. The van der Waals surface area contributed by atoms with Crippen LogP contribution in [0.25, 0.3) is 0 Å². The molecule has 0 aliphatic carbocycles. The average Bonchev–Trinajstić information content (AvgIpc) is 2.70. The Labute approximate surface area is 176 Å². The van der Waals surface area contributed by atoms with Gasteiger partial charge in [-0.2, -0.15) is 5.10 Å². The number of nitrogens with one attached hydrogen (secondary N) is 1. The number of amides is 1. The van der Waals surface area contributed by atoms with Crippen LogP contribution in [0.1, 0.15) is 16.7 Å². The fraction of sp³-hybridized carbons (Fsp3) is 0.0909. The Balaban J connectivity index is 1.56. The van der Waals surface area contributed by atoms with E-state index in [1.165, 1.54) is 15.7 Å². The summed E-state index contributed by atoms with van der Waals surface area (Å²) >= 11 is 2.26. The van der Waals surface area contributed by atoms with E-state index in [9.17, 15) is 9.18 Å². The van der Waals surface area contributed by atoms with Crippen molar-refractivity contribution in [2.45, 2.75) is 13.0 Å². The molecule has 0 fully saturated rings. The van der Waals surface area contributed by atoms with Crippen molar-refractivity contribution in [1.82, 2.24) is 5.43 Å². The summed E-state index contributed by atoms with van der Waals surface area (Å²) in [6.07, 6.45) is 1.68. The molecule has 6 heteroatoms. The molecule has 0 unspecified atom stereocenters. The van der Waals surface area contributed by atoms with Crippen LogP contribution < -0.4 is 10.2 Å². The summed E-state index contributed by atoms with van der Waals surface area (Å²) in [5.74, 6) is 0.0711. The van der Waals surface area contributed by atoms with E-state index in [-0.39, 0.29) is 18.1 Å². The number of hydrazone groups is 1. The van der Waals surface area contributed by atoms with Crippen LogP contribution in [0.3, 0.4) is 0 Å². The molecular weight excluding hydrogens is 470 g/mol. The van der Waals surface area contributed by atoms with Gasteiger partial charge in [-0.1, -0.05) is 36.4 Å². The van der Waals surface area contributed by atoms with Crippen molar-refractivity contribution in [3.63, 3.8) is 0 Å². The number of carbonyl (C=O) groups excluding carboxylic acids is 1. The second kappa shape index (κ2) is 9.98. The summed E-state index contributed by atoms with van der Waals surface area (Å²) in [4.78, 5) is 12.0. The Kier molecular flexibility index (Phi) is 7.13. The minimum Gasteiger partial charge on any atom is -0.488 e. The first-order valence-electron chi connectivity index (χ1n) is 8.63. The zero-order valence-electron chi connectivity index (χ0n) is 14.9. The quantitative estimate of drug-likeness (QED) is 0.298. The Hall–Kier alpha value is -2.74. The highest BCUT2D eigenvalue weighted by atomic mass is 127. The van der Waals surface area contributed by atoms with Crippen molar-refractivity contribution >= 4 is 34.7 Å². The van der Waals surface area contributed by atoms with E-state index >= 15 is 0 Å². The second-order valence-corrected chi connectivity index (χ2v) is 7.30. The van der Waals surface area contributed by atoms with Crippen molar-refractivity contribution in [1.29, 1.82) is 0 Å². The zero-order chi connectivity index (χ0) is 19.8. The molecule has 0 radical (unpaired) electrons. The van der Waals surface area contributed by atoms with Gasteiger partial charge in [-0.3, -0.25) is 4.79 Å². The van der Waals surface area contributed by atoms with Crippen LogP contribution >= 0.6 is 22.6 Å². The first-order chi connectivity index (χ1) is 13.6. The first kappa shape index (κ1) is 20.0. The van der Waals surface area contributed by atoms with Gasteiger partial charge in [0, 0.05) is 9.13 Å². The van der Waals surface area contributed by atoms with Gasteiger partial charge in [-0.05, 0) is 70.1 Å². The van der Waals surface area contributed by atoms with E-state index in [2.05, 4.69) is 33.1 Å². The summed E-state index contributed by atoms with van der Waals surface area (Å²) in [5.41, 5.74) is 5.03. The van der Waals surface area contributed by atoms with Crippen LogP contribution in [0.15, 0.2) is 77.9 Å². The third kappa shape index (κ3) is 6.16. The molecule has 0 spiro atoms. The molecule has 0 saturated heterocycles. The van der Waals surface area contributed by atoms with E-state index in [0.717, 1.165) is 16.7 Å². The number of halogens is 2. The van der Waals surface area contributed by atoms with Crippen LogP contribution in [-0.4, -0.2) is 12.1 Å². The van der Waals surface area contributed by atoms with Crippen LogP contribution in [-0.2, 0) is 17.8 Å². The highest BCUT2D eigenvalue weighted by molar-refractivity contribution is 14.1. The van der Waals surface area contributed by atoms with Gasteiger partial charge in [-0.15, -0.1) is 0 Å². The molecule has 0 bridgehead atoms. The maximum atomic E-state index is 12.9. The number of carbonyl (C=O) groups is 1. The second-order valence-electron chi connectivity index (χ2n) is 6.05. The monoisotopic (exact) mass is 488 g/mol. The van der Waals surface area contributed by atoms with Crippen molar-refractivity contribution in [2.75, 3.05) is 0 Å². The number of hydrogen-bond acceptors (Lipinski definition) is 3. The Morgan fingerprint density at radius 1 is 1.00 bits per heavy atom. The number of ether oxygens (including phenoxy) is 1. The Morgan fingerprint density at radius 2 is 1.68 bits per heavy atom. The molecule has 0 aliphatic rings. The van der Waals surface area contributed by atoms with Crippen LogP contribution in [0.5, 0.6) is 5.75 Å². The lowest BCUT2D eigenvalue weighted by Crippen LogP contribution is -2.19. The van der Waals surface area contributed by atoms with Crippen LogP contribution in [0.4, 0.5) is 4.39 Å². The predicted octanol–water partition coefficient (Wildman–Crippen LogP) is 4.70. The molecular formula is C22H18FIN2O2. The molecule has 1 N–H and O–H groups in total. The predicted molar refractivity (Wildman–Crippen MR) is 116 cm³/mol. The standard InChI is InChI=1S/C22H18FIN2O2/c23-19-9-5-16(6-10-19)13-22(27)26-25-14-18-3-1-2-4-21(18)28-15-17-7-11-20(24)12-8-17/h1-12,14H,13,15H2,(H,26,27)/b25-14+. The summed E-state index contributed by atoms with van der Waals surface area (Å²) in [6.45, 7) is 0.443. The van der Waals surface area contributed by atoms with E-state index in [0.29, 0.717) is 12.4 Å². The minimum absolute atomic E-state index is 0.128. The maximum absolute atomic E-state index is 12.9. The number of rotatable bonds is 7. The van der Waals surface area contributed by atoms with Crippen molar-refractivity contribution in [2.24, 2.45) is 5.10 Å². The summed E-state index contributed by atoms with van der Waals surface area (Å²) < 4.78 is 20.0. The van der Waals surface area contributed by atoms with Gasteiger partial charge in [0.25, 0.3) is 0 Å². The van der Waals surface area contributed by atoms with Crippen LogP contribution in [0, 0.1) is 9.39 Å². The molecule has 4 nitrogen and oxygen atoms in total. The van der Waals surface area contributed by atoms with Gasteiger partial charge in [0.1, 0.15) is 18.2 Å². The molecule has 0 aliphatic heterocycles. The van der Waals surface area contributed by atoms with Gasteiger partial charge in [0.05, 0.1) is 12.6 Å². The SMILES string of the molecule is O=C(Cc1ccc(F)cc1)N/N=C/c1ccccc1OCc1ccc(I)cc1. The molecule has 3 aromatic carbocycles. The third-order valence-corrected chi connectivity index (χ3v) is 4.62. The molecule has 0 aromatic heterocycles. The normalized spacial score (nSPS) is 10.8. The lowest BCUT2D eigenvalue weighted by Gasteiger charge is -2.09. The Bertz CT molecular complexity index is 957. The van der Waals surface area contributed by atoms with E-state index < -0.39 is 0 Å². The molecule has 3 rings (SSSR count). The first-order valence-corrected chi connectivity index (χ1v) is 9.70. The molecule has 1 amide bonds. The summed E-state index contributed by atoms with van der Waals surface area (Å²) in [7, 11) is 0. The molecule has 0 saturated carbocycles. The lowest BCUT2D eigenvalue weighted by atomic mass is 10.1. The van der Waals surface area contributed by atoms with Gasteiger partial charge >= 0.3 is 0 Å². The van der Waals surface area contributed by atoms with Crippen LogP contribution in [0.2, 0.25) is 0 Å². The maximum Gasteiger partial charge on any atom is 0.244 e. The highest BCUT2D eigenvalue weighted by Gasteiger charge is 2.04. The number of nitrogens with zero attached hydrogens (tertiary/aromatic N) is 1. The molecule has 0 heterocycles. The number of para-hydroxylation sites is 1. The number of benzene rings is 3. The molecule has 142 valence electrons. The summed E-state index contributed by atoms with van der Waals surface area (Å²) in [6, 6.07) is 21.4. The smallest absolute Gasteiger partial charge is 0.244 e. The molecule has 3 aromatic rings. The largest absolute Gasteiger partial charge is 0.488 e. The van der Waals surface area contributed by atoms with E-state index in [1.54, 1.807) is 18.3 Å². The highest BCUT2D eigenvalue weighted by Crippen LogP contribution is 2.18. The van der Waals surface area contributed by atoms with Crippen molar-refractivity contribution < 1.29 is 13.9 Å². The van der Waals surface area contributed by atoms with Crippen molar-refractivity contribution in [3.8, 4) is 5.75 Å². The van der Waals surface area contributed by atoms with Gasteiger partial charge in [-0.25, -0.2) is 9.82 Å². The van der Waals surface area contributed by atoms with Gasteiger partial charge in [0.15, 0.2) is 0 Å². The van der Waals surface area contributed by atoms with E-state index in [1.807, 2.05) is 48.5 Å². The lowest BCUT2D eigenvalue weighted by molar-refractivity contribution is -0.120. The minimum atomic E-state index is -0.330. The fourth-order valence-electron chi connectivity index (χ4n) is 2.46. The fourth-order valence-corrected chi connectivity index (χ4v) is 2.82. The third-order valence-electron chi connectivity index (χ3n) is 3.90. The van der Waals surface area contributed by atoms with E-state index in [4.69, 9.17) is 4.74 Å². The number of hydrogen-bond donors (Lipinski definition) is 1. The zero-order valence-corrected chi connectivity index (χ0v) is 17.1. The van der Waals surface area contributed by atoms with Gasteiger partial charge in [0.2, 0.25) is 5.91 Å². The van der Waals surface area contributed by atoms with Gasteiger partial charge < -0.3 is 4.74 Å². The molecule has 0 atom stereocenters. The van der Waals surface area contributed by atoms with Crippen molar-refractivity contribution in [3.05, 3.63) is 98.9 Å². The topological polar surface area (TPSA) is 50.7 Å². The summed E-state index contributed by atoms with van der Waals surface area (Å²) in [5, 5.41) is 4.00. The molecule has 28 heavy (non-hydrogen) atoms.